The molecule has 65 heavy (non-hydrogen) atoms. The molecule has 0 N–H and O–H groups in total. The van der Waals surface area contributed by atoms with E-state index in [2.05, 4.69) is 69.4 Å². The lowest BCUT2D eigenvalue weighted by Crippen LogP contribution is -2.30. The van der Waals surface area contributed by atoms with Gasteiger partial charge >= 0.3 is 17.9 Å². The molecule has 0 saturated heterocycles. The lowest BCUT2D eigenvalue weighted by Gasteiger charge is -2.18. The number of carbonyl (C=O) groups excluding carboxylic acids is 3. The van der Waals surface area contributed by atoms with Crippen molar-refractivity contribution in [2.75, 3.05) is 13.2 Å². The first-order chi connectivity index (χ1) is 32.0. The second kappa shape index (κ2) is 54.0. The van der Waals surface area contributed by atoms with Gasteiger partial charge in [-0.3, -0.25) is 14.4 Å². The third-order valence-corrected chi connectivity index (χ3v) is 12.3. The summed E-state index contributed by atoms with van der Waals surface area (Å²) in [6.07, 6.45) is 65.4. The number of rotatable bonds is 51. The molecule has 0 fully saturated rings. The van der Waals surface area contributed by atoms with Crippen LogP contribution in [0.5, 0.6) is 0 Å². The second-order valence-electron chi connectivity index (χ2n) is 18.8. The molecule has 0 amide bonds. The molecule has 1 unspecified atom stereocenters. The van der Waals surface area contributed by atoms with Gasteiger partial charge in [-0.25, -0.2) is 0 Å². The van der Waals surface area contributed by atoms with E-state index in [1.54, 1.807) is 0 Å². The maximum absolute atomic E-state index is 12.8. The molecule has 0 aromatic heterocycles. The lowest BCUT2D eigenvalue weighted by atomic mass is 10.0. The molecular weight excluding hydrogens is 805 g/mol. The van der Waals surface area contributed by atoms with Crippen LogP contribution in [0.25, 0.3) is 0 Å². The summed E-state index contributed by atoms with van der Waals surface area (Å²) in [5, 5.41) is 0. The first-order valence-corrected chi connectivity index (χ1v) is 28.1. The van der Waals surface area contributed by atoms with Crippen LogP contribution in [0.15, 0.2) is 48.6 Å². The van der Waals surface area contributed by atoms with Crippen LogP contribution in [0.2, 0.25) is 0 Å². The molecule has 0 rings (SSSR count). The Bertz CT molecular complexity index is 1140. The smallest absolute Gasteiger partial charge is 0.306 e. The van der Waals surface area contributed by atoms with Gasteiger partial charge in [-0.2, -0.15) is 0 Å². The molecule has 0 heterocycles. The predicted octanol–water partition coefficient (Wildman–Crippen LogP) is 18.7. The molecule has 0 bridgehead atoms. The van der Waals surface area contributed by atoms with Gasteiger partial charge in [0, 0.05) is 19.3 Å². The first-order valence-electron chi connectivity index (χ1n) is 28.1. The zero-order valence-corrected chi connectivity index (χ0v) is 43.3. The summed E-state index contributed by atoms with van der Waals surface area (Å²) in [5.41, 5.74) is 0. The van der Waals surface area contributed by atoms with E-state index in [0.29, 0.717) is 19.3 Å². The highest BCUT2D eigenvalue weighted by atomic mass is 16.6. The minimum absolute atomic E-state index is 0.0781. The van der Waals surface area contributed by atoms with E-state index < -0.39 is 6.10 Å². The fourth-order valence-corrected chi connectivity index (χ4v) is 8.00. The SMILES string of the molecule is CCC/C=C\CCCCCCCC(=O)OCC(COC(=O)CCCCCCCCCCCCCCC/C=C\C/C=C\CCCCCCC)OC(=O)CCCCCCC/C=C\CCCCC. The van der Waals surface area contributed by atoms with E-state index in [4.69, 9.17) is 14.2 Å². The number of hydrogen-bond donors (Lipinski definition) is 0. The molecule has 0 radical (unpaired) electrons. The van der Waals surface area contributed by atoms with Crippen molar-refractivity contribution in [1.82, 2.24) is 0 Å². The summed E-state index contributed by atoms with van der Waals surface area (Å²) in [6, 6.07) is 0. The van der Waals surface area contributed by atoms with Crippen molar-refractivity contribution in [2.45, 2.75) is 297 Å². The quantitative estimate of drug-likeness (QED) is 0.0262. The standard InChI is InChI=1S/C59H106O6/c1-4-7-10-13-16-19-22-24-25-26-27-28-29-30-31-32-33-34-35-36-38-40-43-46-49-52-58(61)64-55-56(54-63-57(60)51-48-45-42-39-21-18-15-12-9-6-3)65-59(62)53-50-47-44-41-37-23-20-17-14-11-8-5-2/h12,15,17,20,22,24,26-27,56H,4-11,13-14,16,18-19,21,23,25,28-55H2,1-3H3/b15-12-,20-17-,24-22-,27-26-. The van der Waals surface area contributed by atoms with Crippen LogP contribution in [0.4, 0.5) is 0 Å². The van der Waals surface area contributed by atoms with Crippen molar-refractivity contribution in [2.24, 2.45) is 0 Å². The maximum Gasteiger partial charge on any atom is 0.306 e. The fourth-order valence-electron chi connectivity index (χ4n) is 8.00. The Balaban J connectivity index is 4.18. The molecule has 0 aromatic rings. The highest BCUT2D eigenvalue weighted by molar-refractivity contribution is 5.71. The number of ether oxygens (including phenoxy) is 3. The van der Waals surface area contributed by atoms with Gasteiger partial charge in [0.2, 0.25) is 0 Å². The van der Waals surface area contributed by atoms with E-state index in [1.807, 2.05) is 0 Å². The molecule has 0 saturated carbocycles. The van der Waals surface area contributed by atoms with E-state index in [0.717, 1.165) is 89.9 Å². The minimum Gasteiger partial charge on any atom is -0.462 e. The van der Waals surface area contributed by atoms with Crippen molar-refractivity contribution < 1.29 is 28.6 Å². The highest BCUT2D eigenvalue weighted by Gasteiger charge is 2.19. The molecule has 1 atom stereocenters. The maximum atomic E-state index is 12.8. The predicted molar refractivity (Wildman–Crippen MR) is 279 cm³/mol. The zero-order chi connectivity index (χ0) is 47.2. The molecule has 6 nitrogen and oxygen atoms in total. The highest BCUT2D eigenvalue weighted by Crippen LogP contribution is 2.16. The van der Waals surface area contributed by atoms with Crippen molar-refractivity contribution >= 4 is 17.9 Å². The summed E-state index contributed by atoms with van der Waals surface area (Å²) in [7, 11) is 0. The first kappa shape index (κ1) is 62.4. The molecule has 0 aliphatic carbocycles. The van der Waals surface area contributed by atoms with Gasteiger partial charge in [-0.15, -0.1) is 0 Å². The third-order valence-electron chi connectivity index (χ3n) is 12.3. The number of unbranched alkanes of at least 4 members (excludes halogenated alkanes) is 32. The summed E-state index contributed by atoms with van der Waals surface area (Å²) in [5.74, 6) is -0.891. The third kappa shape index (κ3) is 52.2. The number of carbonyl (C=O) groups is 3. The van der Waals surface area contributed by atoms with Crippen LogP contribution in [0.1, 0.15) is 290 Å². The topological polar surface area (TPSA) is 78.9 Å². The Morgan fingerprint density at radius 1 is 0.308 bits per heavy atom. The summed E-state index contributed by atoms with van der Waals surface area (Å²) in [4.78, 5) is 37.9. The molecule has 0 spiro atoms. The van der Waals surface area contributed by atoms with Crippen molar-refractivity contribution in [3.8, 4) is 0 Å². The number of allylic oxidation sites excluding steroid dienone is 8. The van der Waals surface area contributed by atoms with Crippen molar-refractivity contribution in [3.63, 3.8) is 0 Å². The number of hydrogen-bond acceptors (Lipinski definition) is 6. The zero-order valence-electron chi connectivity index (χ0n) is 43.3. The normalized spacial score (nSPS) is 12.4. The van der Waals surface area contributed by atoms with Gasteiger partial charge in [-0.1, -0.05) is 223 Å². The monoisotopic (exact) mass is 911 g/mol. The summed E-state index contributed by atoms with van der Waals surface area (Å²) < 4.78 is 16.8. The molecular formula is C59H106O6. The lowest BCUT2D eigenvalue weighted by molar-refractivity contribution is -0.167. The molecule has 6 heteroatoms. The average Bonchev–Trinajstić information content (AvgIpc) is 3.30. The molecule has 0 aliphatic rings. The van der Waals surface area contributed by atoms with Gasteiger partial charge in [0.05, 0.1) is 0 Å². The Morgan fingerprint density at radius 2 is 0.585 bits per heavy atom. The van der Waals surface area contributed by atoms with E-state index in [-0.39, 0.29) is 31.1 Å². The van der Waals surface area contributed by atoms with Gasteiger partial charge < -0.3 is 14.2 Å². The van der Waals surface area contributed by atoms with Gasteiger partial charge in [0.15, 0.2) is 6.10 Å². The van der Waals surface area contributed by atoms with E-state index >= 15 is 0 Å². The molecule has 0 aliphatic heterocycles. The van der Waals surface area contributed by atoms with Crippen LogP contribution in [0, 0.1) is 0 Å². The van der Waals surface area contributed by atoms with Crippen LogP contribution in [-0.2, 0) is 28.6 Å². The van der Waals surface area contributed by atoms with Crippen LogP contribution in [-0.4, -0.2) is 37.2 Å². The van der Waals surface area contributed by atoms with Gasteiger partial charge in [0.1, 0.15) is 13.2 Å². The number of esters is 3. The van der Waals surface area contributed by atoms with Gasteiger partial charge in [0.25, 0.3) is 0 Å². The summed E-state index contributed by atoms with van der Waals surface area (Å²) >= 11 is 0. The molecule has 378 valence electrons. The second-order valence-corrected chi connectivity index (χ2v) is 18.8. The Morgan fingerprint density at radius 3 is 0.954 bits per heavy atom. The van der Waals surface area contributed by atoms with Crippen LogP contribution >= 0.6 is 0 Å². The summed E-state index contributed by atoms with van der Waals surface area (Å²) in [6.45, 7) is 6.55. The van der Waals surface area contributed by atoms with E-state index in [1.165, 1.54) is 161 Å². The fraction of sp³-hybridized carbons (Fsp3) is 0.814. The Hall–Kier alpha value is -2.63. The van der Waals surface area contributed by atoms with Crippen molar-refractivity contribution in [1.29, 1.82) is 0 Å². The van der Waals surface area contributed by atoms with Crippen LogP contribution in [0.3, 0.4) is 0 Å². The van der Waals surface area contributed by atoms with Crippen LogP contribution < -0.4 is 0 Å². The Kier molecular flexibility index (Phi) is 51.8. The molecule has 0 aromatic carbocycles. The minimum atomic E-state index is -0.778. The van der Waals surface area contributed by atoms with Gasteiger partial charge in [-0.05, 0) is 96.3 Å². The average molecular weight is 911 g/mol. The van der Waals surface area contributed by atoms with E-state index in [9.17, 15) is 14.4 Å². The Labute approximate surface area is 403 Å². The largest absolute Gasteiger partial charge is 0.462 e. The van der Waals surface area contributed by atoms with Crippen molar-refractivity contribution in [3.05, 3.63) is 48.6 Å².